The molecule has 1 rings (SSSR count). The highest BCUT2D eigenvalue weighted by molar-refractivity contribution is 5.74. The Morgan fingerprint density at radius 3 is 2.64 bits per heavy atom. The minimum absolute atomic E-state index is 0.0784. The van der Waals surface area contributed by atoms with Crippen molar-refractivity contribution >= 4 is 5.97 Å². The molecule has 0 saturated carbocycles. The third kappa shape index (κ3) is 7.69. The summed E-state index contributed by atoms with van der Waals surface area (Å²) in [5.41, 5.74) is 0.579. The van der Waals surface area contributed by atoms with E-state index >= 15 is 0 Å². The Morgan fingerprint density at radius 1 is 1.36 bits per heavy atom. The van der Waals surface area contributed by atoms with Gasteiger partial charge in [0, 0.05) is 11.8 Å². The SMILES string of the molecule is C=C(CCC(C)C)COC(=O)[C@H](O)C/C=C\C[C@@H]1O[C@H](C)C[C@@H](C)[C@@]1(C)CO. The van der Waals surface area contributed by atoms with Crippen LogP contribution in [0.4, 0.5) is 0 Å². The van der Waals surface area contributed by atoms with Gasteiger partial charge in [0.1, 0.15) is 6.61 Å². The van der Waals surface area contributed by atoms with Gasteiger partial charge in [-0.1, -0.05) is 46.4 Å². The zero-order chi connectivity index (χ0) is 21.3. The predicted molar refractivity (Wildman–Crippen MR) is 112 cm³/mol. The normalized spacial score (nSPS) is 29.2. The van der Waals surface area contributed by atoms with Crippen molar-refractivity contribution in [3.8, 4) is 0 Å². The molecular weight excluding hydrogens is 356 g/mol. The first-order valence-electron chi connectivity index (χ1n) is 10.5. The average molecular weight is 397 g/mol. The molecule has 0 aliphatic carbocycles. The number of aliphatic hydroxyl groups is 2. The molecule has 0 spiro atoms. The molecule has 162 valence electrons. The van der Waals surface area contributed by atoms with Crippen molar-refractivity contribution in [1.29, 1.82) is 0 Å². The van der Waals surface area contributed by atoms with Crippen LogP contribution in [0, 0.1) is 17.3 Å². The van der Waals surface area contributed by atoms with E-state index in [9.17, 15) is 15.0 Å². The molecule has 0 aromatic rings. The highest BCUT2D eigenvalue weighted by Crippen LogP contribution is 2.42. The molecule has 0 amide bonds. The van der Waals surface area contributed by atoms with E-state index in [-0.39, 0.29) is 37.3 Å². The lowest BCUT2D eigenvalue weighted by Crippen LogP contribution is -2.49. The molecule has 5 atom stereocenters. The van der Waals surface area contributed by atoms with Crippen molar-refractivity contribution in [2.24, 2.45) is 17.3 Å². The molecule has 1 aliphatic heterocycles. The minimum Gasteiger partial charge on any atom is -0.459 e. The van der Waals surface area contributed by atoms with Crippen LogP contribution in [0.1, 0.15) is 66.7 Å². The molecule has 0 bridgehead atoms. The molecular formula is C23H40O5. The number of carbonyl (C=O) groups excluding carboxylic acids is 1. The quantitative estimate of drug-likeness (QED) is 0.407. The Bertz CT molecular complexity index is 527. The summed E-state index contributed by atoms with van der Waals surface area (Å²) in [5.74, 6) is 0.325. The maximum atomic E-state index is 11.9. The molecule has 5 heteroatoms. The van der Waals surface area contributed by atoms with Crippen molar-refractivity contribution in [1.82, 2.24) is 0 Å². The molecule has 1 saturated heterocycles. The molecule has 0 radical (unpaired) electrons. The molecule has 28 heavy (non-hydrogen) atoms. The number of hydrogen-bond donors (Lipinski definition) is 2. The first kappa shape index (κ1) is 24.9. The smallest absolute Gasteiger partial charge is 0.335 e. The summed E-state index contributed by atoms with van der Waals surface area (Å²) in [4.78, 5) is 11.9. The van der Waals surface area contributed by atoms with E-state index in [2.05, 4.69) is 41.2 Å². The maximum Gasteiger partial charge on any atom is 0.335 e. The zero-order valence-electron chi connectivity index (χ0n) is 18.3. The second kappa shape index (κ2) is 11.7. The highest BCUT2D eigenvalue weighted by atomic mass is 16.5. The summed E-state index contributed by atoms with van der Waals surface area (Å²) >= 11 is 0. The number of hydrogen-bond acceptors (Lipinski definition) is 5. The lowest BCUT2D eigenvalue weighted by molar-refractivity contribution is -0.157. The Morgan fingerprint density at radius 2 is 2.04 bits per heavy atom. The van der Waals surface area contributed by atoms with E-state index in [1.807, 2.05) is 6.08 Å². The van der Waals surface area contributed by atoms with E-state index in [0.717, 1.165) is 24.8 Å². The molecule has 2 N–H and O–H groups in total. The van der Waals surface area contributed by atoms with Crippen LogP contribution >= 0.6 is 0 Å². The third-order valence-electron chi connectivity index (χ3n) is 5.93. The Balaban J connectivity index is 2.40. The van der Waals surface area contributed by atoms with Gasteiger partial charge in [0.2, 0.25) is 0 Å². The Hall–Kier alpha value is -1.17. The molecule has 0 aromatic heterocycles. The van der Waals surface area contributed by atoms with E-state index in [4.69, 9.17) is 9.47 Å². The van der Waals surface area contributed by atoms with Gasteiger partial charge in [0.15, 0.2) is 6.10 Å². The molecule has 1 fully saturated rings. The van der Waals surface area contributed by atoms with Gasteiger partial charge in [0.05, 0.1) is 18.8 Å². The zero-order valence-corrected chi connectivity index (χ0v) is 18.3. The molecule has 0 unspecified atom stereocenters. The van der Waals surface area contributed by atoms with Gasteiger partial charge in [0.25, 0.3) is 0 Å². The van der Waals surface area contributed by atoms with Gasteiger partial charge in [-0.15, -0.1) is 0 Å². The molecule has 5 nitrogen and oxygen atoms in total. The third-order valence-corrected chi connectivity index (χ3v) is 5.93. The second-order valence-electron chi connectivity index (χ2n) is 8.98. The first-order chi connectivity index (χ1) is 13.1. The van der Waals surface area contributed by atoms with Gasteiger partial charge in [-0.3, -0.25) is 0 Å². The van der Waals surface area contributed by atoms with Gasteiger partial charge >= 0.3 is 5.97 Å². The van der Waals surface area contributed by atoms with E-state index in [1.54, 1.807) is 6.08 Å². The number of esters is 1. The largest absolute Gasteiger partial charge is 0.459 e. The van der Waals surface area contributed by atoms with Crippen LogP contribution in [0.2, 0.25) is 0 Å². The maximum absolute atomic E-state index is 11.9. The standard InChI is InChI=1S/C23H40O5/c1-16(2)11-12-17(3)14-27-22(26)20(25)9-7-8-10-21-23(6,15-24)18(4)13-19(5)28-21/h7-8,16,18-21,24-25H,3,9-15H2,1-2,4-6H3/b8-7-/t18-,19-,20-,21+,23-/m1/s1. The van der Waals surface area contributed by atoms with Crippen molar-refractivity contribution in [2.75, 3.05) is 13.2 Å². The van der Waals surface area contributed by atoms with E-state index in [0.29, 0.717) is 18.3 Å². The van der Waals surface area contributed by atoms with Crippen LogP contribution < -0.4 is 0 Å². The Kier molecular flexibility index (Phi) is 10.4. The van der Waals surface area contributed by atoms with E-state index < -0.39 is 12.1 Å². The Labute approximate surface area is 170 Å². The number of aliphatic hydroxyl groups excluding tert-OH is 2. The number of carbonyl (C=O) groups is 1. The fourth-order valence-electron chi connectivity index (χ4n) is 3.53. The van der Waals surface area contributed by atoms with Gasteiger partial charge in [-0.25, -0.2) is 4.79 Å². The summed E-state index contributed by atoms with van der Waals surface area (Å²) in [7, 11) is 0. The van der Waals surface area contributed by atoms with Crippen LogP contribution in [0.25, 0.3) is 0 Å². The van der Waals surface area contributed by atoms with Crippen molar-refractivity contribution < 1.29 is 24.5 Å². The second-order valence-corrected chi connectivity index (χ2v) is 8.98. The molecule has 1 aliphatic rings. The molecule has 0 aromatic carbocycles. The van der Waals surface area contributed by atoms with Crippen molar-refractivity contribution in [3.63, 3.8) is 0 Å². The van der Waals surface area contributed by atoms with Crippen molar-refractivity contribution in [3.05, 3.63) is 24.3 Å². The lowest BCUT2D eigenvalue weighted by atomic mass is 9.69. The fourth-order valence-corrected chi connectivity index (χ4v) is 3.53. The topological polar surface area (TPSA) is 76.0 Å². The van der Waals surface area contributed by atoms with Crippen LogP contribution in [0.3, 0.4) is 0 Å². The minimum atomic E-state index is -1.18. The summed E-state index contributed by atoms with van der Waals surface area (Å²) in [6.07, 6.45) is 6.21. The van der Waals surface area contributed by atoms with Crippen LogP contribution in [-0.2, 0) is 14.3 Å². The monoisotopic (exact) mass is 396 g/mol. The number of rotatable bonds is 11. The first-order valence-corrected chi connectivity index (χ1v) is 10.5. The highest BCUT2D eigenvalue weighted by Gasteiger charge is 2.43. The van der Waals surface area contributed by atoms with E-state index in [1.165, 1.54) is 0 Å². The number of ether oxygens (including phenoxy) is 2. The van der Waals surface area contributed by atoms with Gasteiger partial charge in [-0.05, 0) is 50.0 Å². The summed E-state index contributed by atoms with van der Waals surface area (Å²) in [6.45, 7) is 14.7. The lowest BCUT2D eigenvalue weighted by Gasteiger charge is -2.47. The average Bonchev–Trinajstić information content (AvgIpc) is 2.64. The predicted octanol–water partition coefficient (Wildman–Crippen LogP) is 4.03. The molecule has 1 heterocycles. The van der Waals surface area contributed by atoms with Crippen LogP contribution in [0.5, 0.6) is 0 Å². The van der Waals surface area contributed by atoms with Crippen LogP contribution in [0.15, 0.2) is 24.3 Å². The van der Waals surface area contributed by atoms with Gasteiger partial charge in [-0.2, -0.15) is 0 Å². The summed E-state index contributed by atoms with van der Waals surface area (Å²) < 4.78 is 11.2. The fraction of sp³-hybridized carbons (Fsp3) is 0.783. The van der Waals surface area contributed by atoms with Crippen molar-refractivity contribution in [2.45, 2.75) is 85.0 Å². The summed E-state index contributed by atoms with van der Waals surface area (Å²) in [5, 5.41) is 19.8. The summed E-state index contributed by atoms with van der Waals surface area (Å²) in [6, 6.07) is 0. The van der Waals surface area contributed by atoms with Gasteiger partial charge < -0.3 is 19.7 Å². The van der Waals surface area contributed by atoms with Crippen LogP contribution in [-0.4, -0.2) is 47.7 Å².